The monoisotopic (exact) mass is 587 g/mol. The molecule has 1 saturated heterocycles. The minimum atomic E-state index is -0.392. The fraction of sp³-hybridized carbons (Fsp3) is 0.879. The fourth-order valence-electron chi connectivity index (χ4n) is 7.52. The number of carbonyl (C=O) groups is 2. The number of hydroxylamine groups is 2. The van der Waals surface area contributed by atoms with Gasteiger partial charge in [-0.25, -0.2) is 4.79 Å². The van der Waals surface area contributed by atoms with Crippen molar-refractivity contribution in [2.45, 2.75) is 127 Å². The van der Waals surface area contributed by atoms with E-state index in [1.165, 1.54) is 51.4 Å². The smallest absolute Gasteiger partial charge is 0.315 e. The van der Waals surface area contributed by atoms with E-state index < -0.39 is 6.04 Å². The molecule has 5 atom stereocenters. The second kappa shape index (κ2) is 17.4. The van der Waals surface area contributed by atoms with Crippen molar-refractivity contribution in [1.29, 1.82) is 0 Å². The number of hydrogen-bond acceptors (Lipinski definition) is 6. The van der Waals surface area contributed by atoms with E-state index in [2.05, 4.69) is 39.7 Å². The summed E-state index contributed by atoms with van der Waals surface area (Å²) in [5, 5.41) is 20.9. The maximum absolute atomic E-state index is 13.3. The molecule has 4 N–H and O–H groups in total. The van der Waals surface area contributed by atoms with Crippen LogP contribution in [0, 0.1) is 29.6 Å². The molecule has 2 unspecified atom stereocenters. The van der Waals surface area contributed by atoms with Crippen LogP contribution in [0.4, 0.5) is 4.79 Å². The molecular weight excluding hydrogens is 530 g/mol. The molecule has 3 aliphatic carbocycles. The van der Waals surface area contributed by atoms with Crippen LogP contribution < -0.4 is 16.0 Å². The Hall–Kier alpha value is -1.86. The van der Waals surface area contributed by atoms with Gasteiger partial charge in [-0.15, -0.1) is 0 Å². The summed E-state index contributed by atoms with van der Waals surface area (Å²) < 4.78 is 0. The average molecular weight is 588 g/mol. The highest BCUT2D eigenvalue weighted by atomic mass is 16.7. The average Bonchev–Trinajstić information content (AvgIpc) is 3.32. The number of rotatable bonds is 11. The zero-order valence-electron chi connectivity index (χ0n) is 26.2. The molecule has 9 heteroatoms. The van der Waals surface area contributed by atoms with Crippen molar-refractivity contribution >= 4 is 11.9 Å². The van der Waals surface area contributed by atoms with E-state index in [-0.39, 0.29) is 36.5 Å². The van der Waals surface area contributed by atoms with Gasteiger partial charge in [0.05, 0.1) is 13.2 Å². The Bertz CT molecular complexity index is 895. The Kier molecular flexibility index (Phi) is 13.7. The number of carbonyl (C=O) groups excluding carboxylic acids is 2. The second-order valence-electron chi connectivity index (χ2n) is 13.4. The van der Waals surface area contributed by atoms with Crippen molar-refractivity contribution in [3.8, 4) is 11.8 Å². The quantitative estimate of drug-likeness (QED) is 0.216. The summed E-state index contributed by atoms with van der Waals surface area (Å²) in [5.41, 5.74) is 0. The van der Waals surface area contributed by atoms with Crippen molar-refractivity contribution in [2.24, 2.45) is 17.8 Å². The van der Waals surface area contributed by atoms with E-state index in [4.69, 9.17) is 4.84 Å². The molecule has 0 aromatic rings. The van der Waals surface area contributed by atoms with E-state index in [1.54, 1.807) is 0 Å². The lowest BCUT2D eigenvalue weighted by molar-refractivity contribution is -0.182. The third-order valence-corrected chi connectivity index (χ3v) is 10.1. The summed E-state index contributed by atoms with van der Waals surface area (Å²) in [6.07, 6.45) is 17.2. The highest BCUT2D eigenvalue weighted by Gasteiger charge is 2.45. The molecule has 0 radical (unpaired) electrons. The molecule has 3 saturated carbocycles. The molecule has 0 bridgehead atoms. The van der Waals surface area contributed by atoms with Gasteiger partial charge < -0.3 is 26.0 Å². The largest absolute Gasteiger partial charge is 0.394 e. The van der Waals surface area contributed by atoms with Gasteiger partial charge in [0.25, 0.3) is 0 Å². The molecule has 1 aliphatic heterocycles. The Labute approximate surface area is 254 Å². The van der Waals surface area contributed by atoms with E-state index in [0.717, 1.165) is 51.5 Å². The van der Waals surface area contributed by atoms with Crippen LogP contribution in [0.1, 0.15) is 103 Å². The Morgan fingerprint density at radius 1 is 0.976 bits per heavy atom. The van der Waals surface area contributed by atoms with E-state index in [1.807, 2.05) is 12.0 Å². The van der Waals surface area contributed by atoms with Crippen molar-refractivity contribution < 1.29 is 19.5 Å². The lowest BCUT2D eigenvalue weighted by Crippen LogP contribution is -2.47. The van der Waals surface area contributed by atoms with Gasteiger partial charge in [0.15, 0.2) is 0 Å². The summed E-state index contributed by atoms with van der Waals surface area (Å²) in [6.45, 7) is 4.61. The fourth-order valence-corrected chi connectivity index (χ4v) is 7.52. The first-order chi connectivity index (χ1) is 20.4. The topological polar surface area (TPSA) is 106 Å². The summed E-state index contributed by atoms with van der Waals surface area (Å²) in [5.74, 6) is 7.16. The maximum atomic E-state index is 13.3. The van der Waals surface area contributed by atoms with Gasteiger partial charge in [0, 0.05) is 37.0 Å². The third-order valence-electron chi connectivity index (χ3n) is 10.1. The Balaban J connectivity index is 1.19. The van der Waals surface area contributed by atoms with Crippen LogP contribution in [0.15, 0.2) is 0 Å². The van der Waals surface area contributed by atoms with Crippen molar-refractivity contribution in [2.75, 3.05) is 39.8 Å². The Morgan fingerprint density at radius 3 is 2.45 bits per heavy atom. The molecule has 42 heavy (non-hydrogen) atoms. The van der Waals surface area contributed by atoms with Gasteiger partial charge in [-0.05, 0) is 70.9 Å². The molecule has 9 nitrogen and oxygen atoms in total. The molecule has 4 rings (SSSR count). The second-order valence-corrected chi connectivity index (χ2v) is 13.4. The van der Waals surface area contributed by atoms with Gasteiger partial charge in [0.2, 0.25) is 5.91 Å². The van der Waals surface area contributed by atoms with Crippen LogP contribution >= 0.6 is 0 Å². The van der Waals surface area contributed by atoms with Gasteiger partial charge in [-0.3, -0.25) is 9.63 Å². The van der Waals surface area contributed by atoms with Crippen LogP contribution in [0.2, 0.25) is 0 Å². The lowest BCUT2D eigenvalue weighted by Gasteiger charge is -2.32. The molecule has 3 amide bonds. The first-order valence-electron chi connectivity index (χ1n) is 17.0. The Morgan fingerprint density at radius 2 is 1.71 bits per heavy atom. The number of nitrogens with one attached hydrogen (secondary N) is 3. The molecule has 1 heterocycles. The number of amides is 3. The van der Waals surface area contributed by atoms with Crippen molar-refractivity contribution in [1.82, 2.24) is 25.9 Å². The maximum Gasteiger partial charge on any atom is 0.315 e. The standard InChI is InChI=1S/C33H57N5O4/c1-25-30(24-39)42-38(31(25)32(40)34-20-11-21-37(2)29-17-7-4-8-18-29)23-27-13-9-12-26(22-27)14-10-19-35-33(41)36-28-15-5-3-6-16-28/h25-31,39H,3-9,11-13,15-24H2,1-2H3,(H,34,40)(H2,35,36,41)/t25-,26?,27?,30+,31+/m0/s1. The molecule has 238 valence electrons. The van der Waals surface area contributed by atoms with Gasteiger partial charge in [-0.1, -0.05) is 63.7 Å². The zero-order valence-corrected chi connectivity index (χ0v) is 26.2. The van der Waals surface area contributed by atoms with Crippen LogP contribution in [0.5, 0.6) is 0 Å². The van der Waals surface area contributed by atoms with Crippen LogP contribution in [-0.2, 0) is 9.63 Å². The number of hydrogen-bond donors (Lipinski definition) is 4. The van der Waals surface area contributed by atoms with Crippen molar-refractivity contribution in [3.05, 3.63) is 0 Å². The summed E-state index contributed by atoms with van der Waals surface area (Å²) in [4.78, 5) is 34.1. The predicted octanol–water partition coefficient (Wildman–Crippen LogP) is 3.81. The first-order valence-corrected chi connectivity index (χ1v) is 17.0. The van der Waals surface area contributed by atoms with E-state index >= 15 is 0 Å². The third kappa shape index (κ3) is 10.1. The minimum Gasteiger partial charge on any atom is -0.394 e. The van der Waals surface area contributed by atoms with Crippen molar-refractivity contribution in [3.63, 3.8) is 0 Å². The molecule has 4 aliphatic rings. The number of nitrogens with zero attached hydrogens (tertiary/aromatic N) is 2. The van der Waals surface area contributed by atoms with E-state index in [9.17, 15) is 14.7 Å². The highest BCUT2D eigenvalue weighted by molar-refractivity contribution is 5.82. The zero-order chi connectivity index (χ0) is 29.7. The van der Waals surface area contributed by atoms with Gasteiger partial charge in [0.1, 0.15) is 12.1 Å². The number of aliphatic hydroxyl groups is 1. The van der Waals surface area contributed by atoms with Crippen LogP contribution in [-0.4, -0.2) is 91.1 Å². The molecule has 0 aromatic heterocycles. The van der Waals surface area contributed by atoms with Crippen LogP contribution in [0.25, 0.3) is 0 Å². The molecular formula is C33H57N5O4. The summed E-state index contributed by atoms with van der Waals surface area (Å²) in [6, 6.07) is 0.476. The van der Waals surface area contributed by atoms with Gasteiger partial charge in [-0.2, -0.15) is 5.06 Å². The number of urea groups is 1. The highest BCUT2D eigenvalue weighted by Crippen LogP contribution is 2.34. The summed E-state index contributed by atoms with van der Waals surface area (Å²) >= 11 is 0. The summed E-state index contributed by atoms with van der Waals surface area (Å²) in [7, 11) is 2.21. The van der Waals surface area contributed by atoms with Crippen LogP contribution in [0.3, 0.4) is 0 Å². The minimum absolute atomic E-state index is 0.00324. The SMILES string of the molecule is C[C@H]1[C@@H](CO)ON(CC2CCCC(C#CCNC(=O)NC3CCCCC3)C2)[C@H]1C(=O)NCCCN(C)C1CCCCC1. The molecule has 0 spiro atoms. The molecule has 4 fully saturated rings. The normalized spacial score (nSPS) is 29.6. The lowest BCUT2D eigenvalue weighted by atomic mass is 9.81. The molecule has 0 aromatic carbocycles. The van der Waals surface area contributed by atoms with E-state index in [0.29, 0.717) is 37.6 Å². The first kappa shape index (κ1) is 33.0. The number of aliphatic hydroxyl groups excluding tert-OH is 1. The van der Waals surface area contributed by atoms with Gasteiger partial charge >= 0.3 is 6.03 Å². The predicted molar refractivity (Wildman–Crippen MR) is 165 cm³/mol.